The second-order valence-electron chi connectivity index (χ2n) is 4.95. The second-order valence-corrected chi connectivity index (χ2v) is 5.36. The van der Waals surface area contributed by atoms with Crippen molar-refractivity contribution in [3.63, 3.8) is 0 Å². The maximum atomic E-state index is 13.8. The number of aromatic amines is 1. The first-order valence-corrected chi connectivity index (χ1v) is 7.05. The van der Waals surface area contributed by atoms with Crippen molar-refractivity contribution < 1.29 is 23.5 Å². The maximum absolute atomic E-state index is 13.8. The molecule has 0 saturated heterocycles. The standard InChI is InChI=1S/C16H9ClF2N2O3/c17-10-5-7(1-3-11(10)18)20-15(22)8-2-4-12(19)14-9(8)6-13(21-14)16(23)24/h1-6,21H,(H,20,22)(H,23,24). The van der Waals surface area contributed by atoms with Gasteiger partial charge in [0, 0.05) is 16.6 Å². The molecule has 8 heteroatoms. The van der Waals surface area contributed by atoms with Gasteiger partial charge in [-0.25, -0.2) is 13.6 Å². The maximum Gasteiger partial charge on any atom is 0.352 e. The van der Waals surface area contributed by atoms with Crippen molar-refractivity contribution in [1.29, 1.82) is 0 Å². The topological polar surface area (TPSA) is 82.2 Å². The number of halogens is 3. The van der Waals surface area contributed by atoms with E-state index in [4.69, 9.17) is 16.7 Å². The molecule has 3 N–H and O–H groups in total. The van der Waals surface area contributed by atoms with Crippen LogP contribution in [0.25, 0.3) is 10.9 Å². The van der Waals surface area contributed by atoms with E-state index in [2.05, 4.69) is 10.3 Å². The Morgan fingerprint density at radius 1 is 1.08 bits per heavy atom. The highest BCUT2D eigenvalue weighted by molar-refractivity contribution is 6.31. The normalized spacial score (nSPS) is 10.8. The molecule has 3 rings (SSSR count). The number of rotatable bonds is 3. The van der Waals surface area contributed by atoms with Crippen LogP contribution in [0, 0.1) is 11.6 Å². The molecule has 0 bridgehead atoms. The van der Waals surface area contributed by atoms with Gasteiger partial charge < -0.3 is 15.4 Å². The molecule has 0 aliphatic heterocycles. The molecule has 122 valence electrons. The highest BCUT2D eigenvalue weighted by atomic mass is 35.5. The van der Waals surface area contributed by atoms with Crippen LogP contribution < -0.4 is 5.32 Å². The molecule has 0 saturated carbocycles. The lowest BCUT2D eigenvalue weighted by Crippen LogP contribution is -2.12. The number of aromatic carboxylic acids is 1. The van der Waals surface area contributed by atoms with Gasteiger partial charge in [0.15, 0.2) is 0 Å². The number of carboxylic acid groups (broad SMARTS) is 1. The van der Waals surface area contributed by atoms with Crippen molar-refractivity contribution >= 4 is 40.1 Å². The smallest absolute Gasteiger partial charge is 0.352 e. The molecule has 5 nitrogen and oxygen atoms in total. The lowest BCUT2D eigenvalue weighted by atomic mass is 10.1. The van der Waals surface area contributed by atoms with Crippen molar-refractivity contribution in [2.45, 2.75) is 0 Å². The Labute approximate surface area is 138 Å². The highest BCUT2D eigenvalue weighted by Crippen LogP contribution is 2.25. The van der Waals surface area contributed by atoms with Crippen molar-refractivity contribution in [2.75, 3.05) is 5.32 Å². The number of nitrogens with one attached hydrogen (secondary N) is 2. The zero-order valence-electron chi connectivity index (χ0n) is 11.9. The second kappa shape index (κ2) is 5.93. The molecule has 0 fully saturated rings. The third-order valence-electron chi connectivity index (χ3n) is 3.40. The Kier molecular flexibility index (Phi) is 3.94. The van der Waals surface area contributed by atoms with Crippen molar-refractivity contribution in [3.05, 3.63) is 64.3 Å². The minimum Gasteiger partial charge on any atom is -0.477 e. The fourth-order valence-corrected chi connectivity index (χ4v) is 2.45. The van der Waals surface area contributed by atoms with Gasteiger partial charge in [-0.05, 0) is 36.4 Å². The van der Waals surface area contributed by atoms with Crippen LogP contribution in [-0.2, 0) is 0 Å². The van der Waals surface area contributed by atoms with Crippen LogP contribution in [-0.4, -0.2) is 22.0 Å². The molecule has 1 heterocycles. The number of aromatic nitrogens is 1. The number of amides is 1. The van der Waals surface area contributed by atoms with E-state index in [0.717, 1.165) is 12.1 Å². The first-order valence-electron chi connectivity index (χ1n) is 6.67. The summed E-state index contributed by atoms with van der Waals surface area (Å²) < 4.78 is 27.0. The van der Waals surface area contributed by atoms with Gasteiger partial charge in [-0.2, -0.15) is 0 Å². The molecule has 1 aromatic heterocycles. The Hall–Kier alpha value is -2.93. The van der Waals surface area contributed by atoms with Crippen molar-refractivity contribution in [2.24, 2.45) is 0 Å². The number of fused-ring (bicyclic) bond motifs is 1. The molecule has 1 amide bonds. The predicted octanol–water partition coefficient (Wildman–Crippen LogP) is 4.05. The number of H-pyrrole nitrogens is 1. The van der Waals surface area contributed by atoms with Crippen molar-refractivity contribution in [3.8, 4) is 0 Å². The van der Waals surface area contributed by atoms with E-state index in [9.17, 15) is 18.4 Å². The van der Waals surface area contributed by atoms with E-state index in [-0.39, 0.29) is 32.9 Å². The number of benzene rings is 2. The predicted molar refractivity (Wildman–Crippen MR) is 84.6 cm³/mol. The molecule has 2 aromatic carbocycles. The fraction of sp³-hybridized carbons (Fsp3) is 0. The van der Waals surface area contributed by atoms with Gasteiger partial charge in [-0.15, -0.1) is 0 Å². The zero-order chi connectivity index (χ0) is 17.4. The summed E-state index contributed by atoms with van der Waals surface area (Å²) in [6.45, 7) is 0. The van der Waals surface area contributed by atoms with E-state index >= 15 is 0 Å². The summed E-state index contributed by atoms with van der Waals surface area (Å²) in [6, 6.07) is 7.11. The summed E-state index contributed by atoms with van der Waals surface area (Å²) in [6.07, 6.45) is 0. The molecular formula is C16H9ClF2N2O3. The highest BCUT2D eigenvalue weighted by Gasteiger charge is 2.18. The van der Waals surface area contributed by atoms with Gasteiger partial charge in [-0.3, -0.25) is 4.79 Å². The first kappa shape index (κ1) is 15.9. The third-order valence-corrected chi connectivity index (χ3v) is 3.69. The van der Waals surface area contributed by atoms with Crippen LogP contribution in [0.2, 0.25) is 5.02 Å². The number of carbonyl (C=O) groups is 2. The Morgan fingerprint density at radius 2 is 1.79 bits per heavy atom. The lowest BCUT2D eigenvalue weighted by Gasteiger charge is -2.07. The Bertz CT molecular complexity index is 985. The van der Waals surface area contributed by atoms with E-state index in [1.165, 1.54) is 24.3 Å². The van der Waals surface area contributed by atoms with Gasteiger partial charge >= 0.3 is 5.97 Å². The van der Waals surface area contributed by atoms with Crippen LogP contribution in [0.3, 0.4) is 0 Å². The summed E-state index contributed by atoms with van der Waals surface area (Å²) in [5.41, 5.74) is -0.0142. The van der Waals surface area contributed by atoms with Crippen LogP contribution >= 0.6 is 11.6 Å². The molecule has 3 aromatic rings. The summed E-state index contributed by atoms with van der Waals surface area (Å²) in [5.74, 6) is -3.20. The lowest BCUT2D eigenvalue weighted by molar-refractivity contribution is 0.0691. The average molecular weight is 351 g/mol. The molecule has 0 aliphatic carbocycles. The molecule has 0 spiro atoms. The van der Waals surface area contributed by atoms with Crippen LogP contribution in [0.15, 0.2) is 36.4 Å². The van der Waals surface area contributed by atoms with E-state index in [1.807, 2.05) is 0 Å². The van der Waals surface area contributed by atoms with Crippen molar-refractivity contribution in [1.82, 2.24) is 4.98 Å². The minimum absolute atomic E-state index is 0.0654. The largest absolute Gasteiger partial charge is 0.477 e. The number of anilines is 1. The quantitative estimate of drug-likeness (QED) is 0.666. The Morgan fingerprint density at radius 3 is 2.46 bits per heavy atom. The third kappa shape index (κ3) is 2.81. The molecular weight excluding hydrogens is 342 g/mol. The molecule has 0 atom stereocenters. The van der Waals surface area contributed by atoms with Gasteiger partial charge in [0.1, 0.15) is 17.3 Å². The first-order chi connectivity index (χ1) is 11.4. The number of carboxylic acids is 1. The zero-order valence-corrected chi connectivity index (χ0v) is 12.6. The summed E-state index contributed by atoms with van der Waals surface area (Å²) in [7, 11) is 0. The Balaban J connectivity index is 2.01. The molecule has 0 unspecified atom stereocenters. The average Bonchev–Trinajstić information content (AvgIpc) is 2.97. The molecule has 0 aliphatic rings. The van der Waals surface area contributed by atoms with Gasteiger partial charge in [0.2, 0.25) is 0 Å². The number of hydrogen-bond acceptors (Lipinski definition) is 2. The van der Waals surface area contributed by atoms with Crippen LogP contribution in [0.5, 0.6) is 0 Å². The van der Waals surface area contributed by atoms with Gasteiger partial charge in [-0.1, -0.05) is 11.6 Å². The van der Waals surface area contributed by atoms with E-state index in [1.54, 1.807) is 0 Å². The number of hydrogen-bond donors (Lipinski definition) is 3. The summed E-state index contributed by atoms with van der Waals surface area (Å²) >= 11 is 5.65. The summed E-state index contributed by atoms with van der Waals surface area (Å²) in [4.78, 5) is 25.8. The SMILES string of the molecule is O=C(O)c1cc2c(C(=O)Nc3ccc(F)c(Cl)c3)ccc(F)c2[nH]1. The molecule has 24 heavy (non-hydrogen) atoms. The van der Waals surface area contributed by atoms with E-state index < -0.39 is 23.5 Å². The minimum atomic E-state index is -1.28. The monoisotopic (exact) mass is 350 g/mol. The number of carbonyl (C=O) groups excluding carboxylic acids is 1. The van der Waals surface area contributed by atoms with E-state index in [0.29, 0.717) is 0 Å². The fourth-order valence-electron chi connectivity index (χ4n) is 2.27. The van der Waals surface area contributed by atoms with Crippen LogP contribution in [0.4, 0.5) is 14.5 Å². The van der Waals surface area contributed by atoms with Gasteiger partial charge in [0.25, 0.3) is 5.91 Å². The van der Waals surface area contributed by atoms with Gasteiger partial charge in [0.05, 0.1) is 10.5 Å². The van der Waals surface area contributed by atoms with Crippen LogP contribution in [0.1, 0.15) is 20.8 Å². The molecule has 0 radical (unpaired) electrons. The summed E-state index contributed by atoms with van der Waals surface area (Å²) in [5, 5.41) is 11.5.